The summed E-state index contributed by atoms with van der Waals surface area (Å²) in [4.78, 5) is 0. The second-order valence-electron chi connectivity index (χ2n) is 3.40. The summed E-state index contributed by atoms with van der Waals surface area (Å²) in [6.07, 6.45) is 7.28. The fourth-order valence-corrected chi connectivity index (χ4v) is 3.79. The van der Waals surface area contributed by atoms with Gasteiger partial charge >= 0.3 is 0 Å². The van der Waals surface area contributed by atoms with Gasteiger partial charge in [0.05, 0.1) is 22.2 Å². The SMILES string of the molecule is CCCC[Si](C=COC)CCCC. The van der Waals surface area contributed by atoms with E-state index in [9.17, 15) is 0 Å². The lowest BCUT2D eigenvalue weighted by Crippen LogP contribution is -2.08. The van der Waals surface area contributed by atoms with E-state index in [1.165, 1.54) is 37.8 Å². The Labute approximate surface area is 84.8 Å². The average molecular weight is 199 g/mol. The molecule has 0 bridgehead atoms. The molecule has 0 fully saturated rings. The summed E-state index contributed by atoms with van der Waals surface area (Å²) < 4.78 is 4.98. The predicted octanol–water partition coefficient (Wildman–Crippen LogP) is 3.78. The van der Waals surface area contributed by atoms with Gasteiger partial charge in [0.25, 0.3) is 0 Å². The van der Waals surface area contributed by atoms with Gasteiger partial charge in [-0.25, -0.2) is 0 Å². The van der Waals surface area contributed by atoms with Gasteiger partial charge in [0.1, 0.15) is 0 Å². The first kappa shape index (κ1) is 12.8. The zero-order valence-electron chi connectivity index (χ0n) is 9.31. The van der Waals surface area contributed by atoms with Crippen molar-refractivity contribution in [1.82, 2.24) is 0 Å². The van der Waals surface area contributed by atoms with E-state index in [-0.39, 0.29) is 8.80 Å². The molecule has 0 aliphatic heterocycles. The monoisotopic (exact) mass is 199 g/mol. The zero-order chi connectivity index (χ0) is 9.94. The molecule has 0 saturated carbocycles. The fraction of sp³-hybridized carbons (Fsp3) is 0.818. The molecule has 0 aromatic heterocycles. The Balaban J connectivity index is 3.66. The van der Waals surface area contributed by atoms with Crippen LogP contribution in [0, 0.1) is 0 Å². The molecule has 0 spiro atoms. The van der Waals surface area contributed by atoms with E-state index in [2.05, 4.69) is 19.5 Å². The first-order chi connectivity index (χ1) is 6.35. The van der Waals surface area contributed by atoms with Crippen LogP contribution in [0.15, 0.2) is 12.0 Å². The molecule has 0 aromatic rings. The highest BCUT2D eigenvalue weighted by Gasteiger charge is 2.05. The number of ether oxygens (including phenoxy) is 1. The maximum absolute atomic E-state index is 4.98. The van der Waals surface area contributed by atoms with E-state index in [4.69, 9.17) is 4.74 Å². The third kappa shape index (κ3) is 8.10. The van der Waals surface area contributed by atoms with Crippen LogP contribution in [-0.4, -0.2) is 15.9 Å². The van der Waals surface area contributed by atoms with Gasteiger partial charge in [0.2, 0.25) is 0 Å². The van der Waals surface area contributed by atoms with Crippen molar-refractivity contribution in [3.63, 3.8) is 0 Å². The minimum atomic E-state index is -0.238. The topological polar surface area (TPSA) is 9.23 Å². The van der Waals surface area contributed by atoms with Crippen LogP contribution in [0.1, 0.15) is 39.5 Å². The van der Waals surface area contributed by atoms with E-state index in [0.29, 0.717) is 0 Å². The highest BCUT2D eigenvalue weighted by atomic mass is 28.3. The molecule has 0 rings (SSSR count). The molecule has 0 aromatic carbocycles. The maximum atomic E-state index is 4.98. The van der Waals surface area contributed by atoms with Crippen LogP contribution in [0.2, 0.25) is 12.1 Å². The molecule has 0 aliphatic rings. The van der Waals surface area contributed by atoms with Crippen molar-refractivity contribution in [2.75, 3.05) is 7.11 Å². The van der Waals surface area contributed by atoms with E-state index in [1.807, 2.05) is 6.26 Å². The lowest BCUT2D eigenvalue weighted by molar-refractivity contribution is 0.338. The molecule has 77 valence electrons. The second kappa shape index (κ2) is 9.84. The molecule has 1 nitrogen and oxygen atoms in total. The van der Waals surface area contributed by atoms with Crippen molar-refractivity contribution < 1.29 is 4.74 Å². The molecule has 0 saturated heterocycles. The van der Waals surface area contributed by atoms with Gasteiger partial charge in [-0.3, -0.25) is 0 Å². The Morgan fingerprint density at radius 3 is 2.00 bits per heavy atom. The lowest BCUT2D eigenvalue weighted by atomic mass is 10.4. The van der Waals surface area contributed by atoms with Crippen molar-refractivity contribution in [1.29, 1.82) is 0 Å². The van der Waals surface area contributed by atoms with E-state index in [0.717, 1.165) is 0 Å². The molecule has 0 atom stereocenters. The summed E-state index contributed by atoms with van der Waals surface area (Å²) in [5, 5.41) is 0. The molecule has 1 radical (unpaired) electrons. The van der Waals surface area contributed by atoms with Crippen LogP contribution < -0.4 is 0 Å². The normalized spacial score (nSPS) is 11.4. The van der Waals surface area contributed by atoms with Crippen molar-refractivity contribution in [2.24, 2.45) is 0 Å². The van der Waals surface area contributed by atoms with E-state index >= 15 is 0 Å². The highest BCUT2D eigenvalue weighted by molar-refractivity contribution is 6.64. The number of hydrogen-bond acceptors (Lipinski definition) is 1. The van der Waals surface area contributed by atoms with Crippen LogP contribution in [0.4, 0.5) is 0 Å². The average Bonchev–Trinajstić information content (AvgIpc) is 2.17. The maximum Gasteiger partial charge on any atom is 0.0798 e. The Bertz CT molecular complexity index is 115. The van der Waals surface area contributed by atoms with E-state index in [1.54, 1.807) is 7.11 Å². The Morgan fingerprint density at radius 1 is 1.08 bits per heavy atom. The van der Waals surface area contributed by atoms with Crippen LogP contribution in [0.3, 0.4) is 0 Å². The Morgan fingerprint density at radius 2 is 1.62 bits per heavy atom. The Hall–Kier alpha value is -0.243. The molecular weight excluding hydrogens is 176 g/mol. The van der Waals surface area contributed by atoms with Crippen LogP contribution in [-0.2, 0) is 4.74 Å². The van der Waals surface area contributed by atoms with Crippen molar-refractivity contribution in [2.45, 2.75) is 51.6 Å². The molecule has 0 unspecified atom stereocenters. The molecule has 0 amide bonds. The molecule has 0 N–H and O–H groups in total. The van der Waals surface area contributed by atoms with Crippen molar-refractivity contribution >= 4 is 8.80 Å². The van der Waals surface area contributed by atoms with Gasteiger partial charge < -0.3 is 4.74 Å². The summed E-state index contributed by atoms with van der Waals surface area (Å²) in [6, 6.07) is 2.84. The molecule has 0 aliphatic carbocycles. The van der Waals surface area contributed by atoms with Gasteiger partial charge in [0.15, 0.2) is 0 Å². The minimum absolute atomic E-state index is 0.238. The van der Waals surface area contributed by atoms with E-state index < -0.39 is 0 Å². The van der Waals surface area contributed by atoms with Crippen LogP contribution in [0.5, 0.6) is 0 Å². The number of unbranched alkanes of at least 4 members (excludes halogenated alkanes) is 2. The zero-order valence-corrected chi connectivity index (χ0v) is 10.3. The number of methoxy groups -OCH3 is 1. The smallest absolute Gasteiger partial charge is 0.0798 e. The van der Waals surface area contributed by atoms with Gasteiger partial charge in [-0.2, -0.15) is 0 Å². The first-order valence-electron chi connectivity index (χ1n) is 5.39. The quantitative estimate of drug-likeness (QED) is 0.427. The highest BCUT2D eigenvalue weighted by Crippen LogP contribution is 2.10. The number of rotatable bonds is 8. The largest absolute Gasteiger partial charge is 0.505 e. The summed E-state index contributed by atoms with van der Waals surface area (Å²) in [5.74, 6) is 0. The van der Waals surface area contributed by atoms with Crippen molar-refractivity contribution in [3.05, 3.63) is 12.0 Å². The molecule has 13 heavy (non-hydrogen) atoms. The van der Waals surface area contributed by atoms with Gasteiger partial charge in [-0.15, -0.1) is 0 Å². The Kier molecular flexibility index (Phi) is 9.66. The fourth-order valence-electron chi connectivity index (χ4n) is 1.26. The second-order valence-corrected chi connectivity index (χ2v) is 6.05. The van der Waals surface area contributed by atoms with Crippen LogP contribution in [0.25, 0.3) is 0 Å². The molecule has 0 heterocycles. The van der Waals surface area contributed by atoms with Gasteiger partial charge in [-0.05, 0) is 0 Å². The summed E-state index contributed by atoms with van der Waals surface area (Å²) in [5.41, 5.74) is 2.32. The van der Waals surface area contributed by atoms with Gasteiger partial charge in [0, 0.05) is 0 Å². The molecule has 2 heteroatoms. The van der Waals surface area contributed by atoms with Crippen LogP contribution >= 0.6 is 0 Å². The third-order valence-electron chi connectivity index (χ3n) is 2.14. The lowest BCUT2D eigenvalue weighted by Gasteiger charge is -2.08. The minimum Gasteiger partial charge on any atom is -0.505 e. The summed E-state index contributed by atoms with van der Waals surface area (Å²) in [6.45, 7) is 4.53. The standard InChI is InChI=1S/C11H23OSi/c1-4-6-9-13(10-7-5-2)11-8-12-3/h8,11H,4-7,9-10H2,1-3H3. The molecular formula is C11H23OSi. The summed E-state index contributed by atoms with van der Waals surface area (Å²) in [7, 11) is 1.49. The predicted molar refractivity (Wildman–Crippen MR) is 61.3 cm³/mol. The van der Waals surface area contributed by atoms with Gasteiger partial charge in [-0.1, -0.05) is 57.3 Å². The summed E-state index contributed by atoms with van der Waals surface area (Å²) >= 11 is 0. The first-order valence-corrected chi connectivity index (χ1v) is 7.38. The third-order valence-corrected chi connectivity index (χ3v) is 4.74. The number of hydrogen-bond donors (Lipinski definition) is 0. The van der Waals surface area contributed by atoms with Crippen molar-refractivity contribution in [3.8, 4) is 0 Å².